The molecule has 0 N–H and O–H groups in total. The molecule has 1 unspecified atom stereocenters. The quantitative estimate of drug-likeness (QED) is 0.0242. The summed E-state index contributed by atoms with van der Waals surface area (Å²) >= 11 is 0. The van der Waals surface area contributed by atoms with Crippen LogP contribution in [0.3, 0.4) is 0 Å². The molecule has 7 rings (SSSR count). The highest BCUT2D eigenvalue weighted by atomic mass is 16.6. The Kier molecular flexibility index (Phi) is 30.8. The number of allylic oxidation sites excluding steroid dienone is 2. The maximum absolute atomic E-state index is 14.0. The number of unbranched alkanes of at least 4 members (excludes halogenated alkanes) is 11. The van der Waals surface area contributed by atoms with Crippen molar-refractivity contribution in [2.45, 2.75) is 252 Å². The number of hydrogen-bond acceptors (Lipinski definition) is 15. The molecule has 4 aliphatic carbocycles. The predicted molar refractivity (Wildman–Crippen MR) is 307 cm³/mol. The maximum Gasteiger partial charge on any atom is 0.312 e. The normalized spacial score (nSPS) is 23.2. The number of carbonyl (C=O) groups excluding carboxylic acids is 7. The first-order valence-corrected chi connectivity index (χ1v) is 31.9. The third-order valence-electron chi connectivity index (χ3n) is 17.7. The van der Waals surface area contributed by atoms with Gasteiger partial charge in [0.2, 0.25) is 0 Å². The Labute approximate surface area is 480 Å². The second-order valence-electron chi connectivity index (χ2n) is 24.9. The molecule has 3 aliphatic heterocycles. The van der Waals surface area contributed by atoms with Crippen molar-refractivity contribution < 1.29 is 66.7 Å². The van der Waals surface area contributed by atoms with Crippen molar-refractivity contribution in [1.82, 2.24) is 4.90 Å². The number of esters is 7. The molecule has 4 saturated carbocycles. The van der Waals surface area contributed by atoms with Gasteiger partial charge >= 0.3 is 41.8 Å². The van der Waals surface area contributed by atoms with Crippen LogP contribution in [0.25, 0.3) is 0 Å². The highest BCUT2D eigenvalue weighted by Crippen LogP contribution is 2.61. The minimum Gasteiger partial charge on any atom is -0.465 e. The van der Waals surface area contributed by atoms with Gasteiger partial charge in [-0.2, -0.15) is 0 Å². The smallest absolute Gasteiger partial charge is 0.312 e. The van der Waals surface area contributed by atoms with Crippen LogP contribution in [0, 0.1) is 34.0 Å². The summed E-state index contributed by atoms with van der Waals surface area (Å²) in [5.74, 6) is -1.05. The van der Waals surface area contributed by atoms with Crippen molar-refractivity contribution in [1.29, 1.82) is 0 Å². The molecule has 6 bridgehead atoms. The van der Waals surface area contributed by atoms with Gasteiger partial charge < -0.3 is 38.1 Å². The van der Waals surface area contributed by atoms with E-state index in [4.69, 9.17) is 33.2 Å². The predicted octanol–water partition coefficient (Wildman–Crippen LogP) is 13.2. The lowest BCUT2D eigenvalue weighted by Crippen LogP contribution is -2.52. The van der Waals surface area contributed by atoms with E-state index in [2.05, 4.69) is 37.8 Å². The molecule has 0 aromatic rings. The summed E-state index contributed by atoms with van der Waals surface area (Å²) in [4.78, 5) is 96.0. The van der Waals surface area contributed by atoms with E-state index in [-0.39, 0.29) is 94.1 Å². The highest BCUT2D eigenvalue weighted by molar-refractivity contribution is 5.78. The van der Waals surface area contributed by atoms with Gasteiger partial charge in [-0.05, 0) is 184 Å². The first kappa shape index (κ1) is 66.5. The Hall–Kier alpha value is -4.27. The molecule has 0 aromatic carbocycles. The molecule has 1 atom stereocenters. The summed E-state index contributed by atoms with van der Waals surface area (Å²) in [6.07, 6.45) is 34.1. The highest BCUT2D eigenvalue weighted by Gasteiger charge is 2.52. The first-order valence-electron chi connectivity index (χ1n) is 31.9. The van der Waals surface area contributed by atoms with Crippen LogP contribution in [0.1, 0.15) is 245 Å². The Morgan fingerprint density at radius 3 is 1.31 bits per heavy atom. The molecular weight excluding hydrogens is 1020 g/mol. The van der Waals surface area contributed by atoms with Crippen LogP contribution >= 0.6 is 0 Å². The number of carbonyl (C=O) groups is 7. The van der Waals surface area contributed by atoms with Crippen molar-refractivity contribution in [3.05, 3.63) is 24.3 Å². The van der Waals surface area contributed by atoms with Gasteiger partial charge in [-0.1, -0.05) is 90.0 Å². The molecular formula is C65H105NO14. The summed E-state index contributed by atoms with van der Waals surface area (Å²) in [7, 11) is 0. The number of nitrogens with zero attached hydrogens (tertiary/aromatic N) is 1. The van der Waals surface area contributed by atoms with E-state index in [1.165, 1.54) is 44.9 Å². The molecule has 15 heteroatoms. The Morgan fingerprint density at radius 1 is 0.463 bits per heavy atom. The number of fused-ring (bicyclic) bond motifs is 3. The molecule has 15 nitrogen and oxygen atoms in total. The van der Waals surface area contributed by atoms with E-state index in [1.807, 2.05) is 12.2 Å². The average molecular weight is 1120 g/mol. The van der Waals surface area contributed by atoms with Gasteiger partial charge in [-0.3, -0.25) is 33.6 Å². The van der Waals surface area contributed by atoms with E-state index in [1.54, 1.807) is 0 Å². The second-order valence-corrected chi connectivity index (χ2v) is 24.9. The lowest BCUT2D eigenvalue weighted by atomic mass is 9.49. The minimum atomic E-state index is -1.47. The second kappa shape index (κ2) is 37.0. The minimum absolute atomic E-state index is 0.00860. The van der Waals surface area contributed by atoms with Crippen molar-refractivity contribution in [2.24, 2.45) is 34.0 Å². The van der Waals surface area contributed by atoms with Gasteiger partial charge in [0.05, 0.1) is 25.0 Å². The zero-order chi connectivity index (χ0) is 57.3. The van der Waals surface area contributed by atoms with E-state index >= 15 is 0 Å². The zero-order valence-electron chi connectivity index (χ0n) is 49.9. The average Bonchev–Trinajstić information content (AvgIpc) is 3.47. The number of rotatable bonds is 44. The molecule has 454 valence electrons. The topological polar surface area (TPSA) is 187 Å². The summed E-state index contributed by atoms with van der Waals surface area (Å²) in [6, 6.07) is 0. The molecule has 0 aromatic heterocycles. The molecule has 0 radical (unpaired) electrons. The van der Waals surface area contributed by atoms with Crippen LogP contribution in [0.15, 0.2) is 24.3 Å². The summed E-state index contributed by atoms with van der Waals surface area (Å²) in [6.45, 7) is 8.22. The van der Waals surface area contributed by atoms with Gasteiger partial charge in [-0.15, -0.1) is 0 Å². The van der Waals surface area contributed by atoms with E-state index in [0.717, 1.165) is 110 Å². The molecule has 7 fully saturated rings. The summed E-state index contributed by atoms with van der Waals surface area (Å²) < 4.78 is 41.0. The lowest BCUT2D eigenvalue weighted by Gasteiger charge is -2.56. The van der Waals surface area contributed by atoms with Crippen LogP contribution in [-0.4, -0.2) is 112 Å². The van der Waals surface area contributed by atoms with Gasteiger partial charge in [0.1, 0.15) is 37.9 Å². The van der Waals surface area contributed by atoms with Gasteiger partial charge in [0.15, 0.2) is 0 Å². The monoisotopic (exact) mass is 1120 g/mol. The number of hydrogen-bond donors (Lipinski definition) is 0. The number of ether oxygens (including phenoxy) is 7. The van der Waals surface area contributed by atoms with Crippen LogP contribution in [0.5, 0.6) is 0 Å². The molecule has 3 saturated heterocycles. The van der Waals surface area contributed by atoms with Crippen molar-refractivity contribution >= 4 is 41.8 Å². The maximum atomic E-state index is 14.0. The largest absolute Gasteiger partial charge is 0.465 e. The van der Waals surface area contributed by atoms with Gasteiger partial charge in [-0.25, -0.2) is 0 Å². The van der Waals surface area contributed by atoms with E-state index < -0.39 is 41.4 Å². The van der Waals surface area contributed by atoms with Gasteiger partial charge in [0.25, 0.3) is 0 Å². The van der Waals surface area contributed by atoms with Crippen LogP contribution in [0.4, 0.5) is 0 Å². The summed E-state index contributed by atoms with van der Waals surface area (Å²) in [5, 5.41) is 0. The molecule has 0 amide bonds. The standard InChI is InChI=1S/C65H105NO14/c1-4-7-10-13-15-17-24-39-74-56(67)27-20-22-29-58(69)76-48-64(51-79-61(72)47-63-44-52-41-53(45-63)43-54(42-52)46-63,49-77-59(70)30-23-21-28-57(68)75-40-25-18-16-14-11-8-5-2)50-78-60(71)32-31-55(26-19-12-9-6-3)80-62(73)65-33-36-66(37-34-65)38-35-65/h15-18,52-55H,4-14,19-51H2,1-3H3/b17-15-,18-16-. The van der Waals surface area contributed by atoms with E-state index in [9.17, 15) is 33.6 Å². The summed E-state index contributed by atoms with van der Waals surface area (Å²) in [5.41, 5.74) is -2.06. The van der Waals surface area contributed by atoms with Gasteiger partial charge in [0, 0.05) is 32.1 Å². The number of piperidine rings is 3. The van der Waals surface area contributed by atoms with Crippen LogP contribution in [0.2, 0.25) is 0 Å². The Balaban J connectivity index is 1.22. The molecule has 7 aliphatic rings. The van der Waals surface area contributed by atoms with Crippen LogP contribution < -0.4 is 0 Å². The van der Waals surface area contributed by atoms with Crippen LogP contribution in [-0.2, 0) is 66.7 Å². The van der Waals surface area contributed by atoms with Crippen molar-refractivity contribution in [3.63, 3.8) is 0 Å². The van der Waals surface area contributed by atoms with Crippen molar-refractivity contribution in [2.75, 3.05) is 59.3 Å². The first-order chi connectivity index (χ1) is 38.8. The zero-order valence-corrected chi connectivity index (χ0v) is 49.9. The third kappa shape index (κ3) is 25.1. The Morgan fingerprint density at radius 2 is 0.863 bits per heavy atom. The van der Waals surface area contributed by atoms with E-state index in [0.29, 0.717) is 75.9 Å². The lowest BCUT2D eigenvalue weighted by molar-refractivity contribution is -0.175. The third-order valence-corrected chi connectivity index (χ3v) is 17.7. The molecule has 0 spiro atoms. The molecule has 80 heavy (non-hydrogen) atoms. The fourth-order valence-corrected chi connectivity index (χ4v) is 13.2. The fraction of sp³-hybridized carbons (Fsp3) is 0.831. The van der Waals surface area contributed by atoms with Crippen molar-refractivity contribution in [3.8, 4) is 0 Å². The molecule has 3 heterocycles. The Bertz CT molecular complexity index is 1830. The SMILES string of the molecule is CCCCC/C=C\CCOC(=O)CCCCC(=O)OCC(COC(=O)CCCCC(=O)OCC/C=C\CCCCC)(COC(=O)CCC(CCCCCC)OC(=O)C12CCN(CC1)CC2)COC(=O)CC12CC3CC(CC(C3)C1)C2. The fourth-order valence-electron chi connectivity index (χ4n) is 13.2.